The van der Waals surface area contributed by atoms with Gasteiger partial charge in [0, 0.05) is 17.2 Å². The van der Waals surface area contributed by atoms with Crippen molar-refractivity contribution in [3.63, 3.8) is 0 Å². The van der Waals surface area contributed by atoms with Crippen LogP contribution >= 0.6 is 0 Å². The molecule has 2 aromatic rings. The van der Waals surface area contributed by atoms with E-state index in [0.717, 1.165) is 16.8 Å². The molecule has 25 heavy (non-hydrogen) atoms. The summed E-state index contributed by atoms with van der Waals surface area (Å²) in [6.45, 7) is 0.653. The van der Waals surface area contributed by atoms with Gasteiger partial charge in [-0.05, 0) is 49.2 Å². The number of nitrogens with one attached hydrogen (secondary N) is 1. The minimum Gasteiger partial charge on any atom is -0.386 e. The SMILES string of the molecule is NC(CNC1CCCCC1)=Nc1ccc(C#Cc2ccccc2)cc1. The lowest BCUT2D eigenvalue weighted by Crippen LogP contribution is -2.37. The molecule has 3 nitrogen and oxygen atoms in total. The molecule has 1 aliphatic carbocycles. The molecule has 0 aliphatic heterocycles. The smallest absolute Gasteiger partial charge is 0.114 e. The molecule has 128 valence electrons. The zero-order valence-electron chi connectivity index (χ0n) is 14.5. The third-order valence-electron chi connectivity index (χ3n) is 4.44. The first-order valence-corrected chi connectivity index (χ1v) is 9.03. The monoisotopic (exact) mass is 331 g/mol. The van der Waals surface area contributed by atoms with Crippen LogP contribution in [0.4, 0.5) is 5.69 Å². The van der Waals surface area contributed by atoms with Crippen molar-refractivity contribution in [1.29, 1.82) is 0 Å². The van der Waals surface area contributed by atoms with Crippen molar-refractivity contribution in [2.45, 2.75) is 38.1 Å². The number of benzene rings is 2. The second-order valence-corrected chi connectivity index (χ2v) is 6.48. The second kappa shape index (κ2) is 9.05. The van der Waals surface area contributed by atoms with Gasteiger partial charge >= 0.3 is 0 Å². The Bertz CT molecular complexity index is 745. The highest BCUT2D eigenvalue weighted by Crippen LogP contribution is 2.17. The van der Waals surface area contributed by atoms with Crippen LogP contribution in [0.25, 0.3) is 0 Å². The van der Waals surface area contributed by atoms with Gasteiger partial charge in [0.2, 0.25) is 0 Å². The molecule has 0 heterocycles. The van der Waals surface area contributed by atoms with E-state index in [1.165, 1.54) is 32.1 Å². The maximum Gasteiger partial charge on any atom is 0.114 e. The predicted molar refractivity (Wildman–Crippen MR) is 105 cm³/mol. The molecule has 3 heteroatoms. The lowest BCUT2D eigenvalue weighted by Gasteiger charge is -2.22. The second-order valence-electron chi connectivity index (χ2n) is 6.48. The first-order chi connectivity index (χ1) is 12.3. The lowest BCUT2D eigenvalue weighted by atomic mass is 9.95. The molecule has 0 aromatic heterocycles. The summed E-state index contributed by atoms with van der Waals surface area (Å²) < 4.78 is 0. The van der Waals surface area contributed by atoms with Gasteiger partial charge in [-0.25, -0.2) is 4.99 Å². The summed E-state index contributed by atoms with van der Waals surface area (Å²) in [6.07, 6.45) is 6.51. The highest BCUT2D eigenvalue weighted by Gasteiger charge is 2.12. The first-order valence-electron chi connectivity index (χ1n) is 9.03. The zero-order chi connectivity index (χ0) is 17.3. The van der Waals surface area contributed by atoms with Crippen LogP contribution in [0.5, 0.6) is 0 Å². The van der Waals surface area contributed by atoms with Gasteiger partial charge in [0.25, 0.3) is 0 Å². The predicted octanol–water partition coefficient (Wildman–Crippen LogP) is 4.00. The molecule has 0 amide bonds. The van der Waals surface area contributed by atoms with Gasteiger partial charge in [0.15, 0.2) is 0 Å². The Labute approximate surface area is 150 Å². The Morgan fingerprint density at radius 2 is 1.56 bits per heavy atom. The van der Waals surface area contributed by atoms with E-state index >= 15 is 0 Å². The fraction of sp³-hybridized carbons (Fsp3) is 0.318. The third-order valence-corrected chi connectivity index (χ3v) is 4.44. The van der Waals surface area contributed by atoms with Crippen molar-refractivity contribution >= 4 is 11.5 Å². The average molecular weight is 331 g/mol. The minimum atomic E-state index is 0.595. The number of amidine groups is 1. The van der Waals surface area contributed by atoms with Crippen molar-refractivity contribution in [2.24, 2.45) is 10.7 Å². The molecule has 0 saturated heterocycles. The summed E-state index contributed by atoms with van der Waals surface area (Å²) >= 11 is 0. The Kier molecular flexibility index (Phi) is 6.25. The summed E-state index contributed by atoms with van der Waals surface area (Å²) in [5.74, 6) is 6.96. The van der Waals surface area contributed by atoms with Crippen molar-refractivity contribution < 1.29 is 0 Å². The normalized spacial score (nSPS) is 15.4. The average Bonchev–Trinajstić information content (AvgIpc) is 2.67. The molecule has 0 atom stereocenters. The van der Waals surface area contributed by atoms with Gasteiger partial charge < -0.3 is 11.1 Å². The highest BCUT2D eigenvalue weighted by molar-refractivity contribution is 5.85. The van der Waals surface area contributed by atoms with Crippen LogP contribution in [0, 0.1) is 11.8 Å². The van der Waals surface area contributed by atoms with E-state index in [-0.39, 0.29) is 0 Å². The number of rotatable bonds is 4. The summed E-state index contributed by atoms with van der Waals surface area (Å²) in [5.41, 5.74) is 8.91. The van der Waals surface area contributed by atoms with E-state index in [9.17, 15) is 0 Å². The maximum absolute atomic E-state index is 6.06. The van der Waals surface area contributed by atoms with Crippen LogP contribution in [-0.2, 0) is 0 Å². The van der Waals surface area contributed by atoms with Crippen LogP contribution in [0.1, 0.15) is 43.2 Å². The lowest BCUT2D eigenvalue weighted by molar-refractivity contribution is 0.387. The summed E-state index contributed by atoms with van der Waals surface area (Å²) in [5, 5.41) is 3.51. The summed E-state index contributed by atoms with van der Waals surface area (Å²) in [7, 11) is 0. The molecule has 1 aliphatic rings. The van der Waals surface area contributed by atoms with Crippen LogP contribution < -0.4 is 11.1 Å². The topological polar surface area (TPSA) is 50.4 Å². The van der Waals surface area contributed by atoms with Crippen LogP contribution in [0.15, 0.2) is 59.6 Å². The molecule has 1 fully saturated rings. The van der Waals surface area contributed by atoms with E-state index in [1.807, 2.05) is 54.6 Å². The molecule has 0 radical (unpaired) electrons. The molecule has 3 rings (SSSR count). The highest BCUT2D eigenvalue weighted by atomic mass is 15.0. The van der Waals surface area contributed by atoms with Crippen molar-refractivity contribution in [3.05, 3.63) is 65.7 Å². The minimum absolute atomic E-state index is 0.595. The third kappa shape index (κ3) is 5.77. The van der Waals surface area contributed by atoms with Gasteiger partial charge in [-0.15, -0.1) is 0 Å². The van der Waals surface area contributed by atoms with E-state index in [1.54, 1.807) is 0 Å². The van der Waals surface area contributed by atoms with Crippen LogP contribution in [-0.4, -0.2) is 18.4 Å². The molecular weight excluding hydrogens is 306 g/mol. The van der Waals surface area contributed by atoms with Crippen LogP contribution in [0.2, 0.25) is 0 Å². The number of hydrogen-bond donors (Lipinski definition) is 2. The molecule has 0 spiro atoms. The van der Waals surface area contributed by atoms with Gasteiger partial charge in [-0.2, -0.15) is 0 Å². The Morgan fingerprint density at radius 1 is 0.920 bits per heavy atom. The summed E-state index contributed by atoms with van der Waals surface area (Å²) in [6, 6.07) is 18.5. The van der Waals surface area contributed by atoms with E-state index in [2.05, 4.69) is 22.2 Å². The molecule has 2 aromatic carbocycles. The van der Waals surface area contributed by atoms with Crippen LogP contribution in [0.3, 0.4) is 0 Å². The molecule has 3 N–H and O–H groups in total. The summed E-state index contributed by atoms with van der Waals surface area (Å²) in [4.78, 5) is 4.49. The molecule has 0 bridgehead atoms. The van der Waals surface area contributed by atoms with Gasteiger partial charge in [0.1, 0.15) is 5.84 Å². The van der Waals surface area contributed by atoms with E-state index in [0.29, 0.717) is 18.4 Å². The van der Waals surface area contributed by atoms with Crippen molar-refractivity contribution in [1.82, 2.24) is 5.32 Å². The quantitative estimate of drug-likeness (QED) is 0.505. The maximum atomic E-state index is 6.06. The molecule has 1 saturated carbocycles. The van der Waals surface area contributed by atoms with Gasteiger partial charge in [0.05, 0.1) is 12.2 Å². The Morgan fingerprint density at radius 3 is 2.24 bits per heavy atom. The van der Waals surface area contributed by atoms with E-state index < -0.39 is 0 Å². The van der Waals surface area contributed by atoms with Gasteiger partial charge in [-0.1, -0.05) is 49.3 Å². The largest absolute Gasteiger partial charge is 0.386 e. The Balaban J connectivity index is 1.55. The molecule has 0 unspecified atom stereocenters. The standard InChI is InChI=1S/C22H25N3/c23-22(17-24-20-9-5-2-6-10-20)25-21-15-13-19(14-16-21)12-11-18-7-3-1-4-8-18/h1,3-4,7-8,13-16,20,24H,2,5-6,9-10,17H2,(H2,23,25). The first kappa shape index (κ1) is 17.3. The van der Waals surface area contributed by atoms with E-state index in [4.69, 9.17) is 5.73 Å². The van der Waals surface area contributed by atoms with Crippen molar-refractivity contribution in [3.8, 4) is 11.8 Å². The number of hydrogen-bond acceptors (Lipinski definition) is 2. The van der Waals surface area contributed by atoms with Gasteiger partial charge in [-0.3, -0.25) is 0 Å². The fourth-order valence-corrected chi connectivity index (χ4v) is 3.05. The number of aliphatic imine (C=N–C) groups is 1. The number of nitrogens with zero attached hydrogens (tertiary/aromatic N) is 1. The Hall–Kier alpha value is -2.57. The zero-order valence-corrected chi connectivity index (χ0v) is 14.5. The fourth-order valence-electron chi connectivity index (χ4n) is 3.05. The number of nitrogens with two attached hydrogens (primary N) is 1. The molecular formula is C22H25N3. The van der Waals surface area contributed by atoms with Crippen molar-refractivity contribution in [2.75, 3.05) is 6.54 Å².